The SMILES string of the molecule is Cc1nc2scc(-c3ccc(Cl)cc3)c2c(=O)n1CCCC(=O)O. The number of thiophene rings is 1. The average Bonchev–Trinajstić information content (AvgIpc) is 2.95. The molecule has 3 rings (SSSR count). The summed E-state index contributed by atoms with van der Waals surface area (Å²) in [6.07, 6.45) is 0.418. The van der Waals surface area contributed by atoms with Gasteiger partial charge in [-0.3, -0.25) is 14.2 Å². The minimum Gasteiger partial charge on any atom is -0.481 e. The fourth-order valence-corrected chi connectivity index (χ4v) is 3.73. The van der Waals surface area contributed by atoms with Crippen molar-refractivity contribution in [1.29, 1.82) is 0 Å². The van der Waals surface area contributed by atoms with Gasteiger partial charge in [-0.1, -0.05) is 23.7 Å². The topological polar surface area (TPSA) is 72.2 Å². The van der Waals surface area contributed by atoms with Gasteiger partial charge in [0, 0.05) is 28.9 Å². The molecule has 0 fully saturated rings. The van der Waals surface area contributed by atoms with Crippen molar-refractivity contribution in [1.82, 2.24) is 9.55 Å². The Labute approximate surface area is 147 Å². The van der Waals surface area contributed by atoms with Gasteiger partial charge in [0.2, 0.25) is 0 Å². The molecular formula is C17H15ClN2O3S. The normalized spacial score (nSPS) is 11.1. The molecule has 3 aromatic rings. The first-order valence-corrected chi connectivity index (χ1v) is 8.69. The molecule has 0 aliphatic carbocycles. The van der Waals surface area contributed by atoms with Crippen LogP contribution in [0.4, 0.5) is 0 Å². The van der Waals surface area contributed by atoms with Crippen molar-refractivity contribution in [3.8, 4) is 11.1 Å². The van der Waals surface area contributed by atoms with Crippen molar-refractivity contribution in [2.45, 2.75) is 26.3 Å². The Morgan fingerprint density at radius 3 is 2.71 bits per heavy atom. The number of aliphatic carboxylic acids is 1. The van der Waals surface area contributed by atoms with E-state index in [2.05, 4.69) is 4.98 Å². The molecule has 1 N–H and O–H groups in total. The van der Waals surface area contributed by atoms with Crippen molar-refractivity contribution in [3.05, 3.63) is 50.8 Å². The number of halogens is 1. The third-order valence-electron chi connectivity index (χ3n) is 3.81. The number of rotatable bonds is 5. The molecule has 2 heterocycles. The molecule has 5 nitrogen and oxygen atoms in total. The lowest BCUT2D eigenvalue weighted by atomic mass is 10.1. The van der Waals surface area contributed by atoms with Gasteiger partial charge in [0.25, 0.3) is 5.56 Å². The maximum Gasteiger partial charge on any atom is 0.303 e. The molecule has 24 heavy (non-hydrogen) atoms. The van der Waals surface area contributed by atoms with E-state index in [4.69, 9.17) is 16.7 Å². The molecule has 0 saturated carbocycles. The fourth-order valence-electron chi connectivity index (χ4n) is 2.62. The van der Waals surface area contributed by atoms with Crippen molar-refractivity contribution < 1.29 is 9.90 Å². The Kier molecular flexibility index (Phi) is 4.69. The van der Waals surface area contributed by atoms with E-state index in [9.17, 15) is 9.59 Å². The van der Waals surface area contributed by atoms with Crippen LogP contribution in [0.2, 0.25) is 5.02 Å². The van der Waals surface area contributed by atoms with Crippen molar-refractivity contribution in [2.24, 2.45) is 0 Å². The van der Waals surface area contributed by atoms with Crippen molar-refractivity contribution >= 4 is 39.1 Å². The summed E-state index contributed by atoms with van der Waals surface area (Å²) in [5.41, 5.74) is 1.61. The van der Waals surface area contributed by atoms with Crippen LogP contribution in [0.3, 0.4) is 0 Å². The zero-order valence-corrected chi connectivity index (χ0v) is 14.5. The van der Waals surface area contributed by atoms with Crippen LogP contribution in [0.15, 0.2) is 34.4 Å². The monoisotopic (exact) mass is 362 g/mol. The smallest absolute Gasteiger partial charge is 0.303 e. The number of hydrogen-bond donors (Lipinski definition) is 1. The number of aromatic nitrogens is 2. The zero-order chi connectivity index (χ0) is 17.3. The first-order chi connectivity index (χ1) is 11.5. The molecule has 124 valence electrons. The molecular weight excluding hydrogens is 348 g/mol. The maximum absolute atomic E-state index is 12.9. The molecule has 2 aromatic heterocycles. The third kappa shape index (κ3) is 3.20. The number of benzene rings is 1. The second-order valence-corrected chi connectivity index (χ2v) is 6.74. The van der Waals surface area contributed by atoms with Crippen LogP contribution >= 0.6 is 22.9 Å². The largest absolute Gasteiger partial charge is 0.481 e. The van der Waals surface area contributed by atoms with Gasteiger partial charge >= 0.3 is 5.97 Å². The van der Waals surface area contributed by atoms with Gasteiger partial charge in [-0.25, -0.2) is 4.98 Å². The van der Waals surface area contributed by atoms with Crippen LogP contribution in [-0.4, -0.2) is 20.6 Å². The number of nitrogens with zero attached hydrogens (tertiary/aromatic N) is 2. The Hall–Kier alpha value is -2.18. The molecule has 0 radical (unpaired) electrons. The maximum atomic E-state index is 12.9. The van der Waals surface area contributed by atoms with Gasteiger partial charge in [-0.05, 0) is 31.0 Å². The van der Waals surface area contributed by atoms with E-state index < -0.39 is 5.97 Å². The van der Waals surface area contributed by atoms with Gasteiger partial charge in [0.1, 0.15) is 10.7 Å². The molecule has 0 amide bonds. The summed E-state index contributed by atoms with van der Waals surface area (Å²) < 4.78 is 1.55. The van der Waals surface area contributed by atoms with E-state index in [0.717, 1.165) is 11.1 Å². The highest BCUT2D eigenvalue weighted by molar-refractivity contribution is 7.17. The van der Waals surface area contributed by atoms with Gasteiger partial charge in [-0.2, -0.15) is 0 Å². The summed E-state index contributed by atoms with van der Waals surface area (Å²) in [6, 6.07) is 7.32. The summed E-state index contributed by atoms with van der Waals surface area (Å²) >= 11 is 7.35. The van der Waals surface area contributed by atoms with Crippen LogP contribution in [0.5, 0.6) is 0 Å². The molecule has 0 spiro atoms. The minimum absolute atomic E-state index is 0.0254. The van der Waals surface area contributed by atoms with Crippen LogP contribution in [0.1, 0.15) is 18.7 Å². The fraction of sp³-hybridized carbons (Fsp3) is 0.235. The molecule has 0 atom stereocenters. The Morgan fingerprint density at radius 1 is 1.33 bits per heavy atom. The number of aryl methyl sites for hydroxylation is 1. The lowest BCUT2D eigenvalue weighted by Gasteiger charge is -2.09. The lowest BCUT2D eigenvalue weighted by molar-refractivity contribution is -0.137. The molecule has 7 heteroatoms. The number of carboxylic acids is 1. The number of carbonyl (C=O) groups is 1. The summed E-state index contributed by atoms with van der Waals surface area (Å²) in [5, 5.41) is 11.9. The van der Waals surface area contributed by atoms with Gasteiger partial charge in [-0.15, -0.1) is 11.3 Å². The van der Waals surface area contributed by atoms with Crippen LogP contribution in [-0.2, 0) is 11.3 Å². The predicted octanol–water partition coefficient (Wildman–Crippen LogP) is 3.95. The highest BCUT2D eigenvalue weighted by Crippen LogP contribution is 2.31. The second-order valence-electron chi connectivity index (χ2n) is 5.45. The molecule has 0 aliphatic rings. The lowest BCUT2D eigenvalue weighted by Crippen LogP contribution is -2.24. The molecule has 1 aromatic carbocycles. The highest BCUT2D eigenvalue weighted by atomic mass is 35.5. The van der Waals surface area contributed by atoms with E-state index in [0.29, 0.717) is 34.0 Å². The summed E-state index contributed by atoms with van der Waals surface area (Å²) in [5.74, 6) is -0.269. The molecule has 0 bridgehead atoms. The van der Waals surface area contributed by atoms with Gasteiger partial charge in [0.05, 0.1) is 5.39 Å². The van der Waals surface area contributed by atoms with Gasteiger partial charge < -0.3 is 5.11 Å². The zero-order valence-electron chi connectivity index (χ0n) is 13.0. The van der Waals surface area contributed by atoms with Crippen molar-refractivity contribution in [2.75, 3.05) is 0 Å². The van der Waals surface area contributed by atoms with E-state index in [1.165, 1.54) is 11.3 Å². The number of carboxylic acid groups (broad SMARTS) is 1. The number of hydrogen-bond acceptors (Lipinski definition) is 4. The van der Waals surface area contributed by atoms with E-state index in [1.807, 2.05) is 17.5 Å². The highest BCUT2D eigenvalue weighted by Gasteiger charge is 2.15. The summed E-state index contributed by atoms with van der Waals surface area (Å²) in [6.45, 7) is 2.11. The first-order valence-electron chi connectivity index (χ1n) is 7.43. The average molecular weight is 363 g/mol. The van der Waals surface area contributed by atoms with Gasteiger partial charge in [0.15, 0.2) is 0 Å². The van der Waals surface area contributed by atoms with E-state index >= 15 is 0 Å². The van der Waals surface area contributed by atoms with Crippen LogP contribution in [0.25, 0.3) is 21.3 Å². The Balaban J connectivity index is 2.08. The third-order valence-corrected chi connectivity index (χ3v) is 4.94. The molecule has 0 unspecified atom stereocenters. The van der Waals surface area contributed by atoms with Crippen LogP contribution < -0.4 is 5.56 Å². The van der Waals surface area contributed by atoms with Crippen molar-refractivity contribution in [3.63, 3.8) is 0 Å². The molecule has 0 saturated heterocycles. The molecule has 0 aliphatic heterocycles. The summed E-state index contributed by atoms with van der Waals surface area (Å²) in [4.78, 5) is 28.8. The first kappa shape index (κ1) is 16.7. The standard InChI is InChI=1S/C17H15ClN2O3S/c1-10-19-16-15(17(23)20(10)8-2-3-14(21)22)13(9-24-16)11-4-6-12(18)7-5-11/h4-7,9H,2-3,8H2,1H3,(H,21,22). The van der Waals surface area contributed by atoms with E-state index in [-0.39, 0.29) is 12.0 Å². The Morgan fingerprint density at radius 2 is 2.04 bits per heavy atom. The van der Waals surface area contributed by atoms with E-state index in [1.54, 1.807) is 23.6 Å². The summed E-state index contributed by atoms with van der Waals surface area (Å²) in [7, 11) is 0. The Bertz CT molecular complexity index is 960. The van der Waals surface area contributed by atoms with Crippen LogP contribution in [0, 0.1) is 6.92 Å². The minimum atomic E-state index is -0.868. The quantitative estimate of drug-likeness (QED) is 0.745. The predicted molar refractivity (Wildman–Crippen MR) is 95.9 cm³/mol. The second kappa shape index (κ2) is 6.75. The number of fused-ring (bicyclic) bond motifs is 1.